The van der Waals surface area contributed by atoms with Gasteiger partial charge in [-0.15, -0.1) is 0 Å². The van der Waals surface area contributed by atoms with Gasteiger partial charge in [-0.3, -0.25) is 4.79 Å². The van der Waals surface area contributed by atoms with E-state index in [0.29, 0.717) is 11.3 Å². The smallest absolute Gasteiger partial charge is 0.219 e. The van der Waals surface area contributed by atoms with Gasteiger partial charge in [-0.1, -0.05) is 19.3 Å². The van der Waals surface area contributed by atoms with Crippen molar-refractivity contribution in [2.45, 2.75) is 45.4 Å². The van der Waals surface area contributed by atoms with Crippen molar-refractivity contribution < 1.29 is 9.90 Å². The van der Waals surface area contributed by atoms with Gasteiger partial charge in [0.05, 0.1) is 0 Å². The minimum absolute atomic E-state index is 0.199. The van der Waals surface area contributed by atoms with Gasteiger partial charge in [-0.2, -0.15) is 0 Å². The molecule has 1 saturated carbocycles. The van der Waals surface area contributed by atoms with Gasteiger partial charge >= 0.3 is 0 Å². The number of aliphatic hydroxyl groups excluding tert-OH is 1. The molecule has 0 aromatic heterocycles. The Balaban J connectivity index is 2.10. The van der Waals surface area contributed by atoms with Crippen LogP contribution in [0.1, 0.15) is 45.4 Å². The molecule has 1 aliphatic heterocycles. The number of likely N-dealkylation sites (tertiary alicyclic amines) is 1. The second-order valence-electron chi connectivity index (χ2n) is 5.53. The van der Waals surface area contributed by atoms with Crippen LogP contribution in [0, 0.1) is 11.3 Å². The van der Waals surface area contributed by atoms with Crippen LogP contribution >= 0.6 is 0 Å². The SMILES string of the molecule is CC(=O)N1CC(CCO)C2(CCCCC2)C1. The van der Waals surface area contributed by atoms with Gasteiger partial charge < -0.3 is 10.0 Å². The van der Waals surface area contributed by atoms with Crippen molar-refractivity contribution in [3.63, 3.8) is 0 Å². The van der Waals surface area contributed by atoms with Crippen LogP contribution in [-0.2, 0) is 4.79 Å². The number of hydrogen-bond acceptors (Lipinski definition) is 2. The van der Waals surface area contributed by atoms with E-state index in [0.717, 1.165) is 19.5 Å². The molecular weight excluding hydrogens is 202 g/mol. The molecular formula is C13H23NO2. The zero-order valence-electron chi connectivity index (χ0n) is 10.2. The van der Waals surface area contributed by atoms with Crippen molar-refractivity contribution in [1.29, 1.82) is 0 Å². The standard InChI is InChI=1S/C13H23NO2/c1-11(16)14-9-12(5-8-15)13(10-14)6-3-2-4-7-13/h12,15H,2-10H2,1H3. The Bertz CT molecular complexity index is 259. The zero-order valence-corrected chi connectivity index (χ0v) is 10.2. The Morgan fingerprint density at radius 2 is 2.06 bits per heavy atom. The summed E-state index contributed by atoms with van der Waals surface area (Å²) in [5.74, 6) is 0.729. The molecule has 1 saturated heterocycles. The van der Waals surface area contributed by atoms with Crippen molar-refractivity contribution in [2.75, 3.05) is 19.7 Å². The quantitative estimate of drug-likeness (QED) is 0.778. The third-order valence-electron chi connectivity index (χ3n) is 4.58. The average Bonchev–Trinajstić information content (AvgIpc) is 2.60. The van der Waals surface area contributed by atoms with Crippen molar-refractivity contribution in [2.24, 2.45) is 11.3 Å². The first kappa shape index (κ1) is 11.9. The molecule has 2 rings (SSSR count). The van der Waals surface area contributed by atoms with Crippen LogP contribution < -0.4 is 0 Å². The van der Waals surface area contributed by atoms with Crippen molar-refractivity contribution in [1.82, 2.24) is 4.90 Å². The van der Waals surface area contributed by atoms with E-state index in [2.05, 4.69) is 0 Å². The van der Waals surface area contributed by atoms with Gasteiger partial charge in [0, 0.05) is 26.6 Å². The molecule has 0 aromatic carbocycles. The zero-order chi connectivity index (χ0) is 11.6. The van der Waals surface area contributed by atoms with Crippen molar-refractivity contribution in [3.05, 3.63) is 0 Å². The topological polar surface area (TPSA) is 40.5 Å². The van der Waals surface area contributed by atoms with E-state index < -0.39 is 0 Å². The molecule has 92 valence electrons. The third kappa shape index (κ3) is 2.10. The molecule has 0 radical (unpaired) electrons. The lowest BCUT2D eigenvalue weighted by Crippen LogP contribution is -2.34. The summed E-state index contributed by atoms with van der Waals surface area (Å²) in [5.41, 5.74) is 0.340. The third-order valence-corrected chi connectivity index (χ3v) is 4.58. The Kier molecular flexibility index (Phi) is 3.53. The van der Waals surface area contributed by atoms with Crippen LogP contribution in [0.25, 0.3) is 0 Å². The lowest BCUT2D eigenvalue weighted by Gasteiger charge is -2.38. The molecule has 3 heteroatoms. The first-order chi connectivity index (χ1) is 7.68. The summed E-state index contributed by atoms with van der Waals surface area (Å²) in [6.45, 7) is 3.74. The highest BCUT2D eigenvalue weighted by Crippen LogP contribution is 2.48. The second kappa shape index (κ2) is 4.74. The predicted octanol–water partition coefficient (Wildman–Crippen LogP) is 1.80. The number of carbonyl (C=O) groups is 1. The minimum atomic E-state index is 0.199. The molecule has 1 aliphatic carbocycles. The van der Waals surface area contributed by atoms with Crippen LogP contribution in [0.4, 0.5) is 0 Å². The van der Waals surface area contributed by atoms with E-state index >= 15 is 0 Å². The van der Waals surface area contributed by atoms with Crippen LogP contribution in [0.5, 0.6) is 0 Å². The molecule has 3 nitrogen and oxygen atoms in total. The first-order valence-electron chi connectivity index (χ1n) is 6.54. The summed E-state index contributed by atoms with van der Waals surface area (Å²) in [6.07, 6.45) is 7.31. The largest absolute Gasteiger partial charge is 0.396 e. The summed E-state index contributed by atoms with van der Waals surface area (Å²) >= 11 is 0. The second-order valence-corrected chi connectivity index (χ2v) is 5.53. The van der Waals surface area contributed by atoms with E-state index in [1.165, 1.54) is 32.1 Å². The fourth-order valence-corrected chi connectivity index (χ4v) is 3.65. The molecule has 1 spiro atoms. The molecule has 2 fully saturated rings. The summed E-state index contributed by atoms with van der Waals surface area (Å²) in [6, 6.07) is 0. The molecule has 1 unspecified atom stereocenters. The molecule has 1 N–H and O–H groups in total. The summed E-state index contributed by atoms with van der Waals surface area (Å²) < 4.78 is 0. The van der Waals surface area contributed by atoms with Crippen LogP contribution in [0.2, 0.25) is 0 Å². The van der Waals surface area contributed by atoms with Crippen molar-refractivity contribution in [3.8, 4) is 0 Å². The Labute approximate surface area is 97.8 Å². The monoisotopic (exact) mass is 225 g/mol. The number of aliphatic hydroxyl groups is 1. The van der Waals surface area contributed by atoms with Gasteiger partial charge in [0.15, 0.2) is 0 Å². The summed E-state index contributed by atoms with van der Waals surface area (Å²) in [4.78, 5) is 13.5. The molecule has 1 atom stereocenters. The predicted molar refractivity (Wildman–Crippen MR) is 63.0 cm³/mol. The normalized spacial score (nSPS) is 28.6. The highest BCUT2D eigenvalue weighted by atomic mass is 16.3. The van der Waals surface area contributed by atoms with Gasteiger partial charge in [-0.05, 0) is 30.6 Å². The van der Waals surface area contributed by atoms with Gasteiger partial charge in [0.2, 0.25) is 5.91 Å². The molecule has 16 heavy (non-hydrogen) atoms. The van der Waals surface area contributed by atoms with E-state index in [1.54, 1.807) is 6.92 Å². The number of rotatable bonds is 2. The van der Waals surface area contributed by atoms with Crippen molar-refractivity contribution >= 4 is 5.91 Å². The molecule has 0 bridgehead atoms. The molecule has 0 aromatic rings. The van der Waals surface area contributed by atoms with Gasteiger partial charge in [-0.25, -0.2) is 0 Å². The van der Waals surface area contributed by atoms with E-state index in [9.17, 15) is 4.79 Å². The average molecular weight is 225 g/mol. The van der Waals surface area contributed by atoms with Gasteiger partial charge in [0.1, 0.15) is 0 Å². The van der Waals surface area contributed by atoms with Crippen LogP contribution in [0.15, 0.2) is 0 Å². The van der Waals surface area contributed by atoms with E-state index in [1.807, 2.05) is 4.90 Å². The summed E-state index contributed by atoms with van der Waals surface area (Å²) in [5, 5.41) is 9.16. The maximum Gasteiger partial charge on any atom is 0.219 e. The lowest BCUT2D eigenvalue weighted by atomic mass is 9.67. The Hall–Kier alpha value is -0.570. The number of amides is 1. The minimum Gasteiger partial charge on any atom is -0.396 e. The molecule has 1 amide bonds. The first-order valence-corrected chi connectivity index (χ1v) is 6.54. The maximum atomic E-state index is 11.5. The number of carbonyl (C=O) groups excluding carboxylic acids is 1. The Morgan fingerprint density at radius 1 is 1.38 bits per heavy atom. The molecule has 2 aliphatic rings. The molecule has 1 heterocycles. The van der Waals surface area contributed by atoms with Crippen LogP contribution in [0.3, 0.4) is 0 Å². The van der Waals surface area contributed by atoms with Crippen LogP contribution in [-0.4, -0.2) is 35.6 Å². The fourth-order valence-electron chi connectivity index (χ4n) is 3.65. The summed E-state index contributed by atoms with van der Waals surface area (Å²) in [7, 11) is 0. The Morgan fingerprint density at radius 3 is 2.62 bits per heavy atom. The van der Waals surface area contributed by atoms with E-state index in [4.69, 9.17) is 5.11 Å². The highest BCUT2D eigenvalue weighted by molar-refractivity contribution is 5.73. The lowest BCUT2D eigenvalue weighted by molar-refractivity contribution is -0.128. The van der Waals surface area contributed by atoms with Gasteiger partial charge in [0.25, 0.3) is 0 Å². The maximum absolute atomic E-state index is 11.5. The number of hydrogen-bond donors (Lipinski definition) is 1. The van der Waals surface area contributed by atoms with E-state index in [-0.39, 0.29) is 12.5 Å². The fraction of sp³-hybridized carbons (Fsp3) is 0.923. The highest BCUT2D eigenvalue weighted by Gasteiger charge is 2.46. The number of nitrogens with zero attached hydrogens (tertiary/aromatic N) is 1.